The molecule has 0 unspecified atom stereocenters. The van der Waals surface area contributed by atoms with Crippen LogP contribution in [0.15, 0.2) is 30.3 Å². The normalized spacial score (nSPS) is 18.8. The number of methoxy groups -OCH3 is 1. The largest absolute Gasteiger partial charge is 0.384 e. The fourth-order valence-corrected chi connectivity index (χ4v) is 2.39. The molecule has 0 bridgehead atoms. The Morgan fingerprint density at radius 1 is 1.19 bits per heavy atom. The summed E-state index contributed by atoms with van der Waals surface area (Å²) in [4.78, 5) is 2.54. The minimum Gasteiger partial charge on any atom is -0.384 e. The van der Waals surface area contributed by atoms with Gasteiger partial charge in [0.2, 0.25) is 0 Å². The highest BCUT2D eigenvalue weighted by atomic mass is 16.5. The van der Waals surface area contributed by atoms with E-state index in [1.807, 2.05) is 0 Å². The molecule has 0 amide bonds. The summed E-state index contributed by atoms with van der Waals surface area (Å²) in [5, 5.41) is 0. The van der Waals surface area contributed by atoms with Crippen LogP contribution in [0, 0.1) is 5.92 Å². The molecule has 2 nitrogen and oxygen atoms in total. The Labute approximate surface area is 98.2 Å². The Morgan fingerprint density at radius 2 is 1.88 bits per heavy atom. The summed E-state index contributed by atoms with van der Waals surface area (Å²) in [5.74, 6) is 0.775. The van der Waals surface area contributed by atoms with Gasteiger partial charge < -0.3 is 4.74 Å². The summed E-state index contributed by atoms with van der Waals surface area (Å²) < 4.78 is 5.22. The van der Waals surface area contributed by atoms with Crippen molar-refractivity contribution in [2.24, 2.45) is 5.92 Å². The molecule has 0 saturated carbocycles. The third-order valence-electron chi connectivity index (χ3n) is 3.36. The zero-order valence-corrected chi connectivity index (χ0v) is 10.1. The van der Waals surface area contributed by atoms with Gasteiger partial charge in [0.05, 0.1) is 0 Å². The van der Waals surface area contributed by atoms with Gasteiger partial charge in [-0.15, -0.1) is 0 Å². The Morgan fingerprint density at radius 3 is 2.50 bits per heavy atom. The Hall–Kier alpha value is -0.860. The van der Waals surface area contributed by atoms with E-state index in [-0.39, 0.29) is 0 Å². The van der Waals surface area contributed by atoms with E-state index in [0.29, 0.717) is 0 Å². The molecule has 1 aromatic carbocycles. The number of nitrogens with zero attached hydrogens (tertiary/aromatic N) is 1. The maximum atomic E-state index is 5.22. The quantitative estimate of drug-likeness (QED) is 0.771. The summed E-state index contributed by atoms with van der Waals surface area (Å²) >= 11 is 0. The van der Waals surface area contributed by atoms with E-state index < -0.39 is 0 Å². The summed E-state index contributed by atoms with van der Waals surface area (Å²) in [5.41, 5.74) is 1.42. The fourth-order valence-electron chi connectivity index (χ4n) is 2.39. The van der Waals surface area contributed by atoms with Crippen LogP contribution in [0.2, 0.25) is 0 Å². The van der Waals surface area contributed by atoms with Gasteiger partial charge in [0, 0.05) is 20.3 Å². The summed E-state index contributed by atoms with van der Waals surface area (Å²) in [7, 11) is 1.80. The molecule has 2 rings (SSSR count). The highest BCUT2D eigenvalue weighted by molar-refractivity contribution is 5.14. The minimum atomic E-state index is 0.775. The van der Waals surface area contributed by atoms with Crippen LogP contribution >= 0.6 is 0 Å². The predicted octanol–water partition coefficient (Wildman–Crippen LogP) is 2.55. The number of rotatable bonds is 4. The first-order valence-corrected chi connectivity index (χ1v) is 6.13. The summed E-state index contributed by atoms with van der Waals surface area (Å²) in [6.07, 6.45) is 2.56. The highest BCUT2D eigenvalue weighted by Gasteiger charge is 2.18. The molecule has 1 aromatic rings. The van der Waals surface area contributed by atoms with E-state index in [0.717, 1.165) is 19.1 Å². The lowest BCUT2D eigenvalue weighted by atomic mass is 9.97. The molecule has 0 aliphatic carbocycles. The van der Waals surface area contributed by atoms with Crippen molar-refractivity contribution in [1.29, 1.82) is 0 Å². The molecule has 1 aliphatic heterocycles. The molecule has 1 saturated heterocycles. The van der Waals surface area contributed by atoms with Crippen molar-refractivity contribution in [3.8, 4) is 0 Å². The molecule has 2 heteroatoms. The van der Waals surface area contributed by atoms with Crippen LogP contribution in [0.1, 0.15) is 18.4 Å². The molecular formula is C14H21NO. The maximum absolute atomic E-state index is 5.22. The Kier molecular flexibility index (Phi) is 4.37. The molecule has 0 atom stereocenters. The van der Waals surface area contributed by atoms with Crippen LogP contribution in [0.3, 0.4) is 0 Å². The van der Waals surface area contributed by atoms with Gasteiger partial charge in [0.25, 0.3) is 0 Å². The third kappa shape index (κ3) is 3.32. The van der Waals surface area contributed by atoms with Gasteiger partial charge in [-0.2, -0.15) is 0 Å². The van der Waals surface area contributed by atoms with Crippen LogP contribution < -0.4 is 0 Å². The van der Waals surface area contributed by atoms with Gasteiger partial charge in [-0.3, -0.25) is 4.90 Å². The number of hydrogen-bond acceptors (Lipinski definition) is 2. The van der Waals surface area contributed by atoms with Gasteiger partial charge in [-0.25, -0.2) is 0 Å². The lowest BCUT2D eigenvalue weighted by Gasteiger charge is -2.31. The lowest BCUT2D eigenvalue weighted by molar-refractivity contribution is 0.0968. The van der Waals surface area contributed by atoms with Crippen molar-refractivity contribution >= 4 is 0 Å². The second kappa shape index (κ2) is 6.02. The topological polar surface area (TPSA) is 12.5 Å². The molecule has 0 N–H and O–H groups in total. The maximum Gasteiger partial charge on any atom is 0.0491 e. The SMILES string of the molecule is COCC1CCN(Cc2ccccc2)CC1. The monoisotopic (exact) mass is 219 g/mol. The molecule has 0 radical (unpaired) electrons. The van der Waals surface area contributed by atoms with Crippen LogP contribution in [0.4, 0.5) is 0 Å². The minimum absolute atomic E-state index is 0.775. The first-order valence-electron chi connectivity index (χ1n) is 6.13. The van der Waals surface area contributed by atoms with Gasteiger partial charge in [0.15, 0.2) is 0 Å². The molecule has 0 aromatic heterocycles. The zero-order chi connectivity index (χ0) is 11.2. The average molecular weight is 219 g/mol. The van der Waals surface area contributed by atoms with Gasteiger partial charge in [-0.05, 0) is 37.4 Å². The molecule has 0 spiro atoms. The number of piperidine rings is 1. The molecule has 1 aliphatic rings. The van der Waals surface area contributed by atoms with Crippen LogP contribution in [-0.4, -0.2) is 31.7 Å². The second-order valence-corrected chi connectivity index (χ2v) is 4.66. The highest BCUT2D eigenvalue weighted by Crippen LogP contribution is 2.18. The van der Waals surface area contributed by atoms with Crippen molar-refractivity contribution in [2.75, 3.05) is 26.8 Å². The number of hydrogen-bond donors (Lipinski definition) is 0. The zero-order valence-electron chi connectivity index (χ0n) is 10.1. The van der Waals surface area contributed by atoms with Crippen molar-refractivity contribution < 1.29 is 4.74 Å². The van der Waals surface area contributed by atoms with Crippen LogP contribution in [-0.2, 0) is 11.3 Å². The number of ether oxygens (including phenoxy) is 1. The van der Waals surface area contributed by atoms with E-state index in [2.05, 4.69) is 35.2 Å². The van der Waals surface area contributed by atoms with E-state index in [9.17, 15) is 0 Å². The van der Waals surface area contributed by atoms with Crippen molar-refractivity contribution in [3.63, 3.8) is 0 Å². The number of likely N-dealkylation sites (tertiary alicyclic amines) is 1. The van der Waals surface area contributed by atoms with Gasteiger partial charge in [-0.1, -0.05) is 30.3 Å². The summed E-state index contributed by atoms with van der Waals surface area (Å²) in [6, 6.07) is 10.7. The Balaban J connectivity index is 1.77. The average Bonchev–Trinajstić information content (AvgIpc) is 2.33. The molecule has 1 fully saturated rings. The first-order chi connectivity index (χ1) is 7.88. The van der Waals surface area contributed by atoms with Gasteiger partial charge >= 0.3 is 0 Å². The van der Waals surface area contributed by atoms with Crippen LogP contribution in [0.5, 0.6) is 0 Å². The van der Waals surface area contributed by atoms with E-state index in [1.54, 1.807) is 7.11 Å². The first kappa shape index (κ1) is 11.6. The second-order valence-electron chi connectivity index (χ2n) is 4.66. The van der Waals surface area contributed by atoms with E-state index in [4.69, 9.17) is 4.74 Å². The smallest absolute Gasteiger partial charge is 0.0491 e. The van der Waals surface area contributed by atoms with Crippen molar-refractivity contribution in [3.05, 3.63) is 35.9 Å². The molecular weight excluding hydrogens is 198 g/mol. The van der Waals surface area contributed by atoms with E-state index >= 15 is 0 Å². The third-order valence-corrected chi connectivity index (χ3v) is 3.36. The van der Waals surface area contributed by atoms with Crippen molar-refractivity contribution in [2.45, 2.75) is 19.4 Å². The van der Waals surface area contributed by atoms with Crippen molar-refractivity contribution in [1.82, 2.24) is 4.90 Å². The molecule has 16 heavy (non-hydrogen) atoms. The number of benzene rings is 1. The van der Waals surface area contributed by atoms with Gasteiger partial charge in [0.1, 0.15) is 0 Å². The lowest BCUT2D eigenvalue weighted by Crippen LogP contribution is -2.34. The molecule has 1 heterocycles. The van der Waals surface area contributed by atoms with E-state index in [1.165, 1.54) is 31.5 Å². The molecule has 88 valence electrons. The standard InChI is InChI=1S/C14H21NO/c1-16-12-14-7-9-15(10-8-14)11-13-5-3-2-4-6-13/h2-6,14H,7-12H2,1H3. The predicted molar refractivity (Wildman–Crippen MR) is 66.3 cm³/mol. The van der Waals surface area contributed by atoms with Crippen LogP contribution in [0.25, 0.3) is 0 Å². The summed E-state index contributed by atoms with van der Waals surface area (Å²) in [6.45, 7) is 4.45. The Bertz CT molecular complexity index is 291. The fraction of sp³-hybridized carbons (Fsp3) is 0.571.